The predicted molar refractivity (Wildman–Crippen MR) is 322 cm³/mol. The molecule has 4 nitrogen and oxygen atoms in total. The van der Waals surface area contributed by atoms with Crippen molar-refractivity contribution in [3.63, 3.8) is 0 Å². The molecule has 0 aromatic heterocycles. The monoisotopic (exact) mass is 994 g/mol. The molecule has 410 valence electrons. The summed E-state index contributed by atoms with van der Waals surface area (Å²) in [4.78, 5) is 12.5. The molecule has 0 fully saturated rings. The van der Waals surface area contributed by atoms with Crippen molar-refractivity contribution in [3.05, 3.63) is 134 Å². The second-order valence-electron chi connectivity index (χ2n) is 20.0. The number of amides is 1. The minimum absolute atomic E-state index is 0.0963. The molecular formula is C68H115NO3. The van der Waals surface area contributed by atoms with E-state index < -0.39 is 12.1 Å². The first-order valence-corrected chi connectivity index (χ1v) is 30.4. The van der Waals surface area contributed by atoms with Gasteiger partial charge in [-0.05, 0) is 103 Å². The topological polar surface area (TPSA) is 69.6 Å². The minimum Gasteiger partial charge on any atom is -0.394 e. The van der Waals surface area contributed by atoms with Crippen LogP contribution in [-0.4, -0.2) is 34.9 Å². The molecule has 4 heteroatoms. The first kappa shape index (κ1) is 68.5. The Kier molecular flexibility index (Phi) is 58.8. The van der Waals surface area contributed by atoms with Gasteiger partial charge >= 0.3 is 0 Å². The van der Waals surface area contributed by atoms with Crippen molar-refractivity contribution in [1.29, 1.82) is 0 Å². The largest absolute Gasteiger partial charge is 0.394 e. The molecule has 0 saturated heterocycles. The SMILES string of the molecule is CC/C=C\C/C=C\C/C=C\C/C=C\C/C=C\C/C=C\C/C=C\C/C=C\C/C=C\CCCCCCCC(=O)NC(CO)C(O)/C=C/CC/C=C/CCCCCCCCCCCCCCCCCCCCCCC. The molecule has 0 aromatic rings. The van der Waals surface area contributed by atoms with Gasteiger partial charge in [0.05, 0.1) is 18.8 Å². The average molecular weight is 995 g/mol. The van der Waals surface area contributed by atoms with E-state index in [9.17, 15) is 15.0 Å². The van der Waals surface area contributed by atoms with Crippen LogP contribution in [0.2, 0.25) is 0 Å². The zero-order valence-corrected chi connectivity index (χ0v) is 47.2. The van der Waals surface area contributed by atoms with Gasteiger partial charge in [-0.25, -0.2) is 0 Å². The second-order valence-corrected chi connectivity index (χ2v) is 20.0. The van der Waals surface area contributed by atoms with Gasteiger partial charge in [-0.3, -0.25) is 4.79 Å². The Hall–Kier alpha value is -3.47. The van der Waals surface area contributed by atoms with Crippen LogP contribution in [0.15, 0.2) is 134 Å². The lowest BCUT2D eigenvalue weighted by Gasteiger charge is -2.19. The van der Waals surface area contributed by atoms with Crippen LogP contribution < -0.4 is 5.32 Å². The lowest BCUT2D eigenvalue weighted by atomic mass is 10.0. The molecule has 0 aromatic carbocycles. The van der Waals surface area contributed by atoms with Crippen molar-refractivity contribution < 1.29 is 15.0 Å². The van der Waals surface area contributed by atoms with E-state index in [0.717, 1.165) is 103 Å². The predicted octanol–water partition coefficient (Wildman–Crippen LogP) is 20.6. The lowest BCUT2D eigenvalue weighted by molar-refractivity contribution is -0.123. The van der Waals surface area contributed by atoms with Gasteiger partial charge in [-0.1, -0.05) is 295 Å². The summed E-state index contributed by atoms with van der Waals surface area (Å²) in [7, 11) is 0. The number of rotatable bonds is 54. The van der Waals surface area contributed by atoms with Crippen LogP contribution >= 0.6 is 0 Å². The Morgan fingerprint density at radius 3 is 0.972 bits per heavy atom. The molecule has 72 heavy (non-hydrogen) atoms. The standard InChI is InChI=1S/C68H115NO3/c1-3-5-7-9-11-13-15-17-19-21-23-25-27-29-31-32-33-34-35-36-38-40-42-44-46-48-50-52-54-56-58-60-62-64-68(72)69-66(65-70)67(71)63-61-59-57-55-53-51-49-47-45-43-41-39-37-30-28-26-24-22-20-18-16-14-12-10-8-6-4-2/h5,7,11,13,17,19,23,25,29,31,33-34,36,38,42,44,48,50,53,55,61,63,66-67,70-71H,3-4,6,8-10,12,14-16,18,20-22,24,26-28,30,32,35,37,39-41,43,45-47,49,51-52,54,56-60,62,64-65H2,1-2H3,(H,69,72)/b7-5-,13-11-,19-17-,25-23-,31-29-,34-33-,38-36-,44-42-,50-48-,55-53+,63-61+. The maximum Gasteiger partial charge on any atom is 0.220 e. The van der Waals surface area contributed by atoms with E-state index in [1.54, 1.807) is 6.08 Å². The highest BCUT2D eigenvalue weighted by Gasteiger charge is 2.18. The average Bonchev–Trinajstić information content (AvgIpc) is 3.39. The van der Waals surface area contributed by atoms with Gasteiger partial charge in [0.15, 0.2) is 0 Å². The van der Waals surface area contributed by atoms with Gasteiger partial charge in [-0.2, -0.15) is 0 Å². The van der Waals surface area contributed by atoms with Crippen molar-refractivity contribution in [2.45, 2.75) is 283 Å². The fourth-order valence-corrected chi connectivity index (χ4v) is 8.54. The number of hydrogen-bond acceptors (Lipinski definition) is 3. The highest BCUT2D eigenvalue weighted by molar-refractivity contribution is 5.76. The normalized spacial score (nSPS) is 13.8. The number of carbonyl (C=O) groups is 1. The molecule has 0 heterocycles. The summed E-state index contributed by atoms with van der Waals surface area (Å²) in [5.41, 5.74) is 0. The Balaban J connectivity index is 3.66. The third kappa shape index (κ3) is 57.4. The van der Waals surface area contributed by atoms with Gasteiger partial charge in [0, 0.05) is 6.42 Å². The Morgan fingerprint density at radius 1 is 0.347 bits per heavy atom. The highest BCUT2D eigenvalue weighted by atomic mass is 16.3. The second kappa shape index (κ2) is 61.8. The van der Waals surface area contributed by atoms with Gasteiger partial charge in [0.2, 0.25) is 5.91 Å². The summed E-state index contributed by atoms with van der Waals surface area (Å²) >= 11 is 0. The van der Waals surface area contributed by atoms with E-state index >= 15 is 0 Å². The maximum absolute atomic E-state index is 12.5. The number of nitrogens with one attached hydrogen (secondary N) is 1. The van der Waals surface area contributed by atoms with Crippen LogP contribution in [0.1, 0.15) is 271 Å². The third-order valence-electron chi connectivity index (χ3n) is 13.1. The van der Waals surface area contributed by atoms with E-state index in [1.807, 2.05) is 6.08 Å². The van der Waals surface area contributed by atoms with Gasteiger partial charge in [0.25, 0.3) is 0 Å². The first-order valence-electron chi connectivity index (χ1n) is 30.4. The number of unbranched alkanes of at least 4 members (excludes halogenated alkanes) is 27. The molecule has 0 bridgehead atoms. The number of aliphatic hydroxyl groups excluding tert-OH is 2. The molecule has 0 radical (unpaired) electrons. The molecule has 2 atom stereocenters. The summed E-state index contributed by atoms with van der Waals surface area (Å²) in [6, 6.07) is -0.662. The Morgan fingerprint density at radius 2 is 0.625 bits per heavy atom. The summed E-state index contributed by atoms with van der Waals surface area (Å²) in [5, 5.41) is 23.2. The van der Waals surface area contributed by atoms with Crippen LogP contribution in [0.25, 0.3) is 0 Å². The molecule has 0 aliphatic rings. The fourth-order valence-electron chi connectivity index (χ4n) is 8.54. The van der Waals surface area contributed by atoms with Crippen molar-refractivity contribution in [1.82, 2.24) is 5.32 Å². The first-order chi connectivity index (χ1) is 35.7. The number of aliphatic hydroxyl groups is 2. The van der Waals surface area contributed by atoms with Crippen molar-refractivity contribution >= 4 is 5.91 Å². The number of carbonyl (C=O) groups excluding carboxylic acids is 1. The van der Waals surface area contributed by atoms with E-state index in [2.05, 4.69) is 141 Å². The van der Waals surface area contributed by atoms with Crippen molar-refractivity contribution in [2.24, 2.45) is 0 Å². The fraction of sp³-hybridized carbons (Fsp3) is 0.662. The zero-order valence-electron chi connectivity index (χ0n) is 47.2. The Labute approximate surface area is 447 Å². The third-order valence-corrected chi connectivity index (χ3v) is 13.1. The van der Waals surface area contributed by atoms with Crippen LogP contribution in [-0.2, 0) is 4.79 Å². The molecule has 3 N–H and O–H groups in total. The van der Waals surface area contributed by atoms with Crippen molar-refractivity contribution in [3.8, 4) is 0 Å². The van der Waals surface area contributed by atoms with Gasteiger partial charge in [0.1, 0.15) is 0 Å². The van der Waals surface area contributed by atoms with Gasteiger partial charge in [-0.15, -0.1) is 0 Å². The molecule has 1 amide bonds. The molecular weight excluding hydrogens is 879 g/mol. The van der Waals surface area contributed by atoms with E-state index in [4.69, 9.17) is 0 Å². The minimum atomic E-state index is -0.882. The molecule has 0 aliphatic carbocycles. The molecule has 0 aliphatic heterocycles. The molecule has 0 spiro atoms. The quantitative estimate of drug-likeness (QED) is 0.0420. The van der Waals surface area contributed by atoms with E-state index in [-0.39, 0.29) is 12.5 Å². The lowest BCUT2D eigenvalue weighted by Crippen LogP contribution is -2.45. The highest BCUT2D eigenvalue weighted by Crippen LogP contribution is 2.16. The van der Waals surface area contributed by atoms with Crippen LogP contribution in [0.3, 0.4) is 0 Å². The maximum atomic E-state index is 12.5. The number of allylic oxidation sites excluding steroid dienone is 21. The molecule has 2 unspecified atom stereocenters. The van der Waals surface area contributed by atoms with E-state index in [1.165, 1.54) is 148 Å². The summed E-state index contributed by atoms with van der Waals surface area (Å²) < 4.78 is 0. The van der Waals surface area contributed by atoms with Gasteiger partial charge < -0.3 is 15.5 Å². The van der Waals surface area contributed by atoms with Crippen LogP contribution in [0, 0.1) is 0 Å². The van der Waals surface area contributed by atoms with Crippen LogP contribution in [0.4, 0.5) is 0 Å². The number of hydrogen-bond donors (Lipinski definition) is 3. The van der Waals surface area contributed by atoms with Crippen LogP contribution in [0.5, 0.6) is 0 Å². The molecule has 0 rings (SSSR count). The summed E-state index contributed by atoms with van der Waals surface area (Å²) in [5.74, 6) is -0.0963. The summed E-state index contributed by atoms with van der Waals surface area (Å²) in [6.45, 7) is 4.19. The summed E-state index contributed by atoms with van der Waals surface area (Å²) in [6.07, 6.45) is 96.2. The van der Waals surface area contributed by atoms with E-state index in [0.29, 0.717) is 6.42 Å². The smallest absolute Gasteiger partial charge is 0.220 e. The van der Waals surface area contributed by atoms with Crippen molar-refractivity contribution in [2.75, 3.05) is 6.61 Å². The molecule has 0 saturated carbocycles. The Bertz CT molecular complexity index is 1450. The zero-order chi connectivity index (χ0) is 52.0.